The van der Waals surface area contributed by atoms with Gasteiger partial charge in [0, 0.05) is 36.7 Å². The van der Waals surface area contributed by atoms with E-state index in [1.165, 1.54) is 12.1 Å². The molecule has 1 aliphatic rings. The Morgan fingerprint density at radius 1 is 1.35 bits per heavy atom. The van der Waals surface area contributed by atoms with Crippen molar-refractivity contribution in [3.8, 4) is 0 Å². The number of hydrogen-bond acceptors (Lipinski definition) is 4. The number of halogens is 1. The molecule has 7 heteroatoms. The Labute approximate surface area is 121 Å². The molecular formula is C13H15ClN2O4. The first-order valence-corrected chi connectivity index (χ1v) is 6.88. The summed E-state index contributed by atoms with van der Waals surface area (Å²) in [7, 11) is 0. The average Bonchev–Trinajstić information content (AvgIpc) is 2.44. The number of nitrogens with zero attached hydrogens (tertiary/aromatic N) is 2. The maximum atomic E-state index is 11.9. The van der Waals surface area contributed by atoms with Crippen molar-refractivity contribution >= 4 is 28.9 Å². The van der Waals surface area contributed by atoms with E-state index >= 15 is 0 Å². The van der Waals surface area contributed by atoms with E-state index < -0.39 is 4.92 Å². The van der Waals surface area contributed by atoms with E-state index in [1.807, 2.05) is 0 Å². The highest BCUT2D eigenvalue weighted by atomic mass is 35.5. The molecule has 0 spiro atoms. The summed E-state index contributed by atoms with van der Waals surface area (Å²) in [6, 6.07) is 4.59. The molecule has 20 heavy (non-hydrogen) atoms. The number of nitro benzene ring substituents is 1. The van der Waals surface area contributed by atoms with Crippen LogP contribution in [0.1, 0.15) is 12.0 Å². The van der Waals surface area contributed by atoms with Gasteiger partial charge in [-0.2, -0.15) is 0 Å². The van der Waals surface area contributed by atoms with Gasteiger partial charge in [-0.3, -0.25) is 14.9 Å². The third kappa shape index (κ3) is 3.26. The van der Waals surface area contributed by atoms with E-state index in [9.17, 15) is 14.9 Å². The molecule has 0 aromatic heterocycles. The van der Waals surface area contributed by atoms with Gasteiger partial charge < -0.3 is 9.64 Å². The number of hydrogen-bond donors (Lipinski definition) is 0. The molecule has 0 saturated carbocycles. The molecule has 2 rings (SSSR count). The summed E-state index contributed by atoms with van der Waals surface area (Å²) in [5, 5.41) is 10.8. The number of anilines is 1. The first-order chi connectivity index (χ1) is 9.63. The van der Waals surface area contributed by atoms with E-state index in [0.29, 0.717) is 38.5 Å². The van der Waals surface area contributed by atoms with Gasteiger partial charge in [-0.05, 0) is 18.1 Å². The van der Waals surface area contributed by atoms with Crippen molar-refractivity contribution in [1.29, 1.82) is 0 Å². The zero-order chi connectivity index (χ0) is 14.5. The van der Waals surface area contributed by atoms with Crippen LogP contribution in [0.4, 0.5) is 11.4 Å². The van der Waals surface area contributed by atoms with Crippen LogP contribution in [0.25, 0.3) is 0 Å². The molecule has 1 amide bonds. The Hall–Kier alpha value is -1.66. The lowest BCUT2D eigenvalue weighted by Crippen LogP contribution is -2.37. The quantitative estimate of drug-likeness (QED) is 0.349. The number of rotatable bonds is 6. The molecule has 1 aromatic rings. The predicted octanol–water partition coefficient (Wildman–Crippen LogP) is 2.13. The molecular weight excluding hydrogens is 284 g/mol. The maximum absolute atomic E-state index is 11.9. The Morgan fingerprint density at radius 2 is 2.15 bits per heavy atom. The van der Waals surface area contributed by atoms with Crippen molar-refractivity contribution in [3.63, 3.8) is 0 Å². The van der Waals surface area contributed by atoms with Gasteiger partial charge in [-0.25, -0.2) is 0 Å². The van der Waals surface area contributed by atoms with Gasteiger partial charge in [0.25, 0.3) is 5.69 Å². The Bertz CT molecular complexity index is 521. The number of ether oxygens (including phenoxy) is 1. The second kappa shape index (κ2) is 6.67. The Kier molecular flexibility index (Phi) is 4.92. The summed E-state index contributed by atoms with van der Waals surface area (Å²) >= 11 is 5.51. The van der Waals surface area contributed by atoms with Gasteiger partial charge in [-0.15, -0.1) is 11.6 Å². The number of amides is 1. The van der Waals surface area contributed by atoms with Crippen LogP contribution < -0.4 is 4.90 Å². The van der Waals surface area contributed by atoms with Gasteiger partial charge >= 0.3 is 0 Å². The molecule has 0 saturated heterocycles. The number of aryl methyl sites for hydroxylation is 1. The lowest BCUT2D eigenvalue weighted by atomic mass is 10.0. The van der Waals surface area contributed by atoms with Crippen molar-refractivity contribution in [2.24, 2.45) is 0 Å². The fourth-order valence-corrected chi connectivity index (χ4v) is 2.33. The molecule has 1 aliphatic heterocycles. The fraction of sp³-hybridized carbons (Fsp3) is 0.462. The van der Waals surface area contributed by atoms with Crippen molar-refractivity contribution in [2.75, 3.05) is 30.5 Å². The highest BCUT2D eigenvalue weighted by Gasteiger charge is 2.25. The lowest BCUT2D eigenvalue weighted by molar-refractivity contribution is -0.384. The smallest absolute Gasteiger partial charge is 0.269 e. The molecule has 0 unspecified atom stereocenters. The first-order valence-electron chi connectivity index (χ1n) is 6.35. The largest absolute Gasteiger partial charge is 0.378 e. The van der Waals surface area contributed by atoms with Gasteiger partial charge in [-0.1, -0.05) is 0 Å². The summed E-state index contributed by atoms with van der Waals surface area (Å²) in [6.45, 7) is 1.27. The van der Waals surface area contributed by atoms with Crippen LogP contribution >= 0.6 is 11.6 Å². The molecule has 0 radical (unpaired) electrons. The minimum Gasteiger partial charge on any atom is -0.378 e. The normalized spacial score (nSPS) is 14.2. The highest BCUT2D eigenvalue weighted by Crippen LogP contribution is 2.30. The van der Waals surface area contributed by atoms with E-state index in [2.05, 4.69) is 0 Å². The molecule has 0 bridgehead atoms. The van der Waals surface area contributed by atoms with E-state index in [4.69, 9.17) is 16.3 Å². The molecule has 1 aromatic carbocycles. The second-order valence-corrected chi connectivity index (χ2v) is 4.79. The van der Waals surface area contributed by atoms with E-state index in [-0.39, 0.29) is 11.6 Å². The van der Waals surface area contributed by atoms with Gasteiger partial charge in [0.1, 0.15) is 0 Å². The SMILES string of the molecule is O=C1CCc2cc([N+](=O)[O-])ccc2N1CCOCCCl. The van der Waals surface area contributed by atoms with Crippen LogP contribution in [0.5, 0.6) is 0 Å². The summed E-state index contributed by atoms with van der Waals surface area (Å²) in [6.07, 6.45) is 0.901. The van der Waals surface area contributed by atoms with E-state index in [1.54, 1.807) is 11.0 Å². The first kappa shape index (κ1) is 14.7. The molecule has 0 N–H and O–H groups in total. The van der Waals surface area contributed by atoms with Crippen LogP contribution in [0.3, 0.4) is 0 Å². The topological polar surface area (TPSA) is 72.7 Å². The summed E-state index contributed by atoms with van der Waals surface area (Å²) in [4.78, 5) is 23.9. The van der Waals surface area contributed by atoms with Gasteiger partial charge in [0.05, 0.1) is 18.1 Å². The van der Waals surface area contributed by atoms with Gasteiger partial charge in [0.2, 0.25) is 5.91 Å². The second-order valence-electron chi connectivity index (χ2n) is 4.42. The standard InChI is InChI=1S/C13H15ClN2O4/c14-5-7-20-8-6-15-12-3-2-11(16(18)19)9-10(12)1-4-13(15)17/h2-3,9H,1,4-8H2. The van der Waals surface area contributed by atoms with Crippen molar-refractivity contribution in [3.05, 3.63) is 33.9 Å². The zero-order valence-electron chi connectivity index (χ0n) is 10.9. The van der Waals surface area contributed by atoms with Crippen LogP contribution in [-0.2, 0) is 16.0 Å². The number of alkyl halides is 1. The van der Waals surface area contributed by atoms with Crippen molar-refractivity contribution in [2.45, 2.75) is 12.8 Å². The zero-order valence-corrected chi connectivity index (χ0v) is 11.6. The Balaban J connectivity index is 2.14. The van der Waals surface area contributed by atoms with Crippen LogP contribution in [-0.4, -0.2) is 36.5 Å². The minimum atomic E-state index is -0.426. The Morgan fingerprint density at radius 3 is 2.85 bits per heavy atom. The van der Waals surface area contributed by atoms with Crippen molar-refractivity contribution < 1.29 is 14.5 Å². The van der Waals surface area contributed by atoms with Crippen LogP contribution in [0, 0.1) is 10.1 Å². The fourth-order valence-electron chi connectivity index (χ4n) is 2.22. The molecule has 1 heterocycles. The summed E-state index contributed by atoms with van der Waals surface area (Å²) in [5.74, 6) is 0.428. The van der Waals surface area contributed by atoms with Crippen LogP contribution in [0.2, 0.25) is 0 Å². The maximum Gasteiger partial charge on any atom is 0.269 e. The molecule has 0 aliphatic carbocycles. The highest BCUT2D eigenvalue weighted by molar-refractivity contribution is 6.17. The third-order valence-electron chi connectivity index (χ3n) is 3.15. The monoisotopic (exact) mass is 298 g/mol. The number of non-ortho nitro benzene ring substituents is 1. The van der Waals surface area contributed by atoms with Crippen LogP contribution in [0.15, 0.2) is 18.2 Å². The predicted molar refractivity (Wildman–Crippen MR) is 75.3 cm³/mol. The number of fused-ring (bicyclic) bond motifs is 1. The minimum absolute atomic E-state index is 0.0147. The lowest BCUT2D eigenvalue weighted by Gasteiger charge is -2.29. The number of carbonyl (C=O) groups excluding carboxylic acids is 1. The molecule has 0 atom stereocenters. The number of carbonyl (C=O) groups is 1. The molecule has 108 valence electrons. The summed E-state index contributed by atoms with van der Waals surface area (Å²) < 4.78 is 5.28. The number of benzene rings is 1. The summed E-state index contributed by atoms with van der Waals surface area (Å²) in [5.41, 5.74) is 1.62. The van der Waals surface area contributed by atoms with E-state index in [0.717, 1.165) is 11.3 Å². The molecule has 6 nitrogen and oxygen atoms in total. The van der Waals surface area contributed by atoms with Gasteiger partial charge in [0.15, 0.2) is 0 Å². The number of nitro groups is 1. The average molecular weight is 299 g/mol. The molecule has 0 fully saturated rings. The van der Waals surface area contributed by atoms with Crippen molar-refractivity contribution in [1.82, 2.24) is 0 Å². The third-order valence-corrected chi connectivity index (χ3v) is 3.31.